The highest BCUT2D eigenvalue weighted by Gasteiger charge is 2.09. The molecule has 0 aliphatic heterocycles. The lowest BCUT2D eigenvalue weighted by Gasteiger charge is -2.09. The molecule has 0 spiro atoms. The average Bonchev–Trinajstić information content (AvgIpc) is 2.80. The first-order chi connectivity index (χ1) is 9.11. The molecule has 2 aromatic rings. The maximum atomic E-state index is 13.6. The number of benzene rings is 1. The highest BCUT2D eigenvalue weighted by Crippen LogP contribution is 2.23. The summed E-state index contributed by atoms with van der Waals surface area (Å²) in [5.74, 6) is -0.349. The Balaban J connectivity index is 2.10. The summed E-state index contributed by atoms with van der Waals surface area (Å²) >= 11 is 2.93. The van der Waals surface area contributed by atoms with Crippen LogP contribution in [-0.4, -0.2) is 14.8 Å². The molecule has 1 aromatic heterocycles. The summed E-state index contributed by atoms with van der Waals surface area (Å²) in [5, 5.41) is 6.89. The zero-order valence-corrected chi connectivity index (χ0v) is 11.9. The van der Waals surface area contributed by atoms with Crippen molar-refractivity contribution < 1.29 is 8.78 Å². The van der Waals surface area contributed by atoms with Crippen molar-refractivity contribution in [2.45, 2.75) is 26.4 Å². The fourth-order valence-electron chi connectivity index (χ4n) is 1.66. The van der Waals surface area contributed by atoms with Crippen molar-refractivity contribution in [2.75, 3.05) is 5.32 Å². The van der Waals surface area contributed by atoms with Gasteiger partial charge in [-0.05, 0) is 28.4 Å². The Bertz CT molecular complexity index is 571. The van der Waals surface area contributed by atoms with Crippen LogP contribution in [0.25, 0.3) is 0 Å². The van der Waals surface area contributed by atoms with E-state index in [-0.39, 0.29) is 16.7 Å². The van der Waals surface area contributed by atoms with Gasteiger partial charge in [-0.3, -0.25) is 0 Å². The van der Waals surface area contributed by atoms with Crippen LogP contribution in [0, 0.1) is 11.6 Å². The highest BCUT2D eigenvalue weighted by atomic mass is 79.9. The van der Waals surface area contributed by atoms with E-state index >= 15 is 0 Å². The molecule has 0 aliphatic rings. The second kappa shape index (κ2) is 6.10. The lowest BCUT2D eigenvalue weighted by Crippen LogP contribution is -2.11. The van der Waals surface area contributed by atoms with E-state index in [0.29, 0.717) is 5.82 Å². The summed E-state index contributed by atoms with van der Waals surface area (Å²) < 4.78 is 28.8. The lowest BCUT2D eigenvalue weighted by atomic mass is 10.3. The first-order valence-corrected chi connectivity index (χ1v) is 6.66. The number of hydrogen-bond acceptors (Lipinski definition) is 3. The summed E-state index contributed by atoms with van der Waals surface area (Å²) in [4.78, 5) is 4.08. The molecule has 2 rings (SSSR count). The van der Waals surface area contributed by atoms with E-state index in [1.807, 2.05) is 6.92 Å². The fourth-order valence-corrected chi connectivity index (χ4v) is 1.97. The van der Waals surface area contributed by atoms with E-state index in [9.17, 15) is 8.78 Å². The number of aromatic nitrogens is 3. The van der Waals surface area contributed by atoms with E-state index in [4.69, 9.17) is 0 Å². The number of rotatable bonds is 5. The Labute approximate surface area is 118 Å². The van der Waals surface area contributed by atoms with Gasteiger partial charge in [0.15, 0.2) is 0 Å². The van der Waals surface area contributed by atoms with E-state index in [2.05, 4.69) is 31.3 Å². The molecule has 1 aromatic carbocycles. The second-order valence-electron chi connectivity index (χ2n) is 4.00. The zero-order valence-electron chi connectivity index (χ0n) is 10.3. The van der Waals surface area contributed by atoms with Gasteiger partial charge < -0.3 is 5.32 Å². The highest BCUT2D eigenvalue weighted by molar-refractivity contribution is 9.10. The van der Waals surface area contributed by atoms with Gasteiger partial charge in [0.05, 0.1) is 16.7 Å². The maximum Gasteiger partial charge on any atom is 0.147 e. The molecule has 0 atom stereocenters. The summed E-state index contributed by atoms with van der Waals surface area (Å²) in [5.41, 5.74) is 0.103. The minimum Gasteiger partial charge on any atom is -0.375 e. The van der Waals surface area contributed by atoms with Gasteiger partial charge in [0.25, 0.3) is 0 Å². The smallest absolute Gasteiger partial charge is 0.147 e. The van der Waals surface area contributed by atoms with Gasteiger partial charge in [0.1, 0.15) is 23.8 Å². The molecule has 7 heteroatoms. The summed E-state index contributed by atoms with van der Waals surface area (Å²) in [6, 6.07) is 2.20. The molecule has 19 heavy (non-hydrogen) atoms. The Morgan fingerprint density at radius 2 is 2.11 bits per heavy atom. The van der Waals surface area contributed by atoms with E-state index < -0.39 is 11.6 Å². The van der Waals surface area contributed by atoms with Gasteiger partial charge in [-0.1, -0.05) is 6.92 Å². The SMILES string of the molecule is CCCn1ncnc1CNc1cc(F)c(Br)cc1F. The van der Waals surface area contributed by atoms with Crippen LogP contribution in [0.5, 0.6) is 0 Å². The minimum absolute atomic E-state index is 0.102. The van der Waals surface area contributed by atoms with Gasteiger partial charge in [-0.2, -0.15) is 5.10 Å². The monoisotopic (exact) mass is 330 g/mol. The van der Waals surface area contributed by atoms with Gasteiger partial charge in [-0.25, -0.2) is 18.4 Å². The average molecular weight is 331 g/mol. The predicted molar refractivity (Wildman–Crippen MR) is 71.7 cm³/mol. The molecule has 0 saturated heterocycles. The van der Waals surface area contributed by atoms with Crippen LogP contribution < -0.4 is 5.32 Å². The molecule has 102 valence electrons. The van der Waals surface area contributed by atoms with Crippen molar-refractivity contribution in [1.29, 1.82) is 0 Å². The number of nitrogens with zero attached hydrogens (tertiary/aromatic N) is 3. The van der Waals surface area contributed by atoms with Crippen LogP contribution >= 0.6 is 15.9 Å². The molecular formula is C12H13BrF2N4. The Morgan fingerprint density at radius 3 is 2.84 bits per heavy atom. The third-order valence-electron chi connectivity index (χ3n) is 2.58. The first-order valence-electron chi connectivity index (χ1n) is 5.87. The number of halogens is 3. The molecule has 0 radical (unpaired) electrons. The first kappa shape index (κ1) is 13.9. The third kappa shape index (κ3) is 3.28. The van der Waals surface area contributed by atoms with Crippen molar-refractivity contribution in [2.24, 2.45) is 0 Å². The summed E-state index contributed by atoms with van der Waals surface area (Å²) in [6.07, 6.45) is 2.38. The molecule has 0 aliphatic carbocycles. The molecule has 4 nitrogen and oxygen atoms in total. The van der Waals surface area contributed by atoms with Gasteiger partial charge in [-0.15, -0.1) is 0 Å². The predicted octanol–water partition coefficient (Wildman–Crippen LogP) is 3.34. The molecule has 0 unspecified atom stereocenters. The Hall–Kier alpha value is -1.50. The van der Waals surface area contributed by atoms with Crippen molar-refractivity contribution >= 4 is 21.6 Å². The van der Waals surface area contributed by atoms with E-state index in [1.165, 1.54) is 6.33 Å². The summed E-state index contributed by atoms with van der Waals surface area (Å²) in [6.45, 7) is 3.06. The zero-order chi connectivity index (χ0) is 13.8. The molecule has 0 bridgehead atoms. The van der Waals surface area contributed by atoms with Gasteiger partial charge in [0, 0.05) is 12.6 Å². The van der Waals surface area contributed by atoms with Crippen LogP contribution in [0.4, 0.5) is 14.5 Å². The van der Waals surface area contributed by atoms with Crippen LogP contribution in [-0.2, 0) is 13.1 Å². The minimum atomic E-state index is -0.519. The van der Waals surface area contributed by atoms with Crippen molar-refractivity contribution in [3.05, 3.63) is 40.4 Å². The third-order valence-corrected chi connectivity index (χ3v) is 3.19. The Kier molecular flexibility index (Phi) is 4.47. The van der Waals surface area contributed by atoms with E-state index in [0.717, 1.165) is 25.1 Å². The lowest BCUT2D eigenvalue weighted by molar-refractivity contribution is 0.571. The molecular weight excluding hydrogens is 318 g/mol. The summed E-state index contributed by atoms with van der Waals surface area (Å²) in [7, 11) is 0. The fraction of sp³-hybridized carbons (Fsp3) is 0.333. The molecule has 1 N–H and O–H groups in total. The van der Waals surface area contributed by atoms with Gasteiger partial charge >= 0.3 is 0 Å². The normalized spacial score (nSPS) is 10.7. The van der Waals surface area contributed by atoms with Crippen LogP contribution in [0.2, 0.25) is 0 Å². The molecule has 0 fully saturated rings. The number of hydrogen-bond donors (Lipinski definition) is 1. The van der Waals surface area contributed by atoms with Crippen molar-refractivity contribution in [3.63, 3.8) is 0 Å². The standard InChI is InChI=1S/C12H13BrF2N4/c1-2-3-19-12(17-7-18-19)6-16-11-5-9(14)8(13)4-10(11)15/h4-5,7,16H,2-3,6H2,1H3. The van der Waals surface area contributed by atoms with Crippen LogP contribution in [0.15, 0.2) is 22.9 Å². The van der Waals surface area contributed by atoms with Crippen molar-refractivity contribution in [1.82, 2.24) is 14.8 Å². The number of anilines is 1. The topological polar surface area (TPSA) is 42.7 Å². The molecule has 1 heterocycles. The number of aryl methyl sites for hydroxylation is 1. The van der Waals surface area contributed by atoms with E-state index in [1.54, 1.807) is 4.68 Å². The second-order valence-corrected chi connectivity index (χ2v) is 4.85. The van der Waals surface area contributed by atoms with Crippen LogP contribution in [0.1, 0.15) is 19.2 Å². The van der Waals surface area contributed by atoms with Crippen molar-refractivity contribution in [3.8, 4) is 0 Å². The van der Waals surface area contributed by atoms with Gasteiger partial charge in [0.2, 0.25) is 0 Å². The molecule has 0 saturated carbocycles. The quantitative estimate of drug-likeness (QED) is 0.855. The van der Waals surface area contributed by atoms with Crippen LogP contribution in [0.3, 0.4) is 0 Å². The number of nitrogens with one attached hydrogen (secondary N) is 1. The largest absolute Gasteiger partial charge is 0.375 e. The Morgan fingerprint density at radius 1 is 1.32 bits per heavy atom. The maximum absolute atomic E-state index is 13.6. The molecule has 0 amide bonds.